The van der Waals surface area contributed by atoms with Crippen molar-refractivity contribution in [2.24, 2.45) is 0 Å². The minimum atomic E-state index is -4.52. The third-order valence-corrected chi connectivity index (χ3v) is 3.91. The summed E-state index contributed by atoms with van der Waals surface area (Å²) in [6.45, 7) is 6.06. The van der Waals surface area contributed by atoms with Crippen LogP contribution in [0.1, 0.15) is 27.7 Å². The number of hydrogen-bond acceptors (Lipinski definition) is 5. The van der Waals surface area contributed by atoms with Crippen molar-refractivity contribution >= 4 is 18.7 Å². The molecule has 1 fully saturated rings. The van der Waals surface area contributed by atoms with Crippen molar-refractivity contribution in [1.82, 2.24) is 10.3 Å². The Hall–Kier alpha value is -1.81. The highest BCUT2D eigenvalue weighted by atomic mass is 19.4. The Labute approximate surface area is 137 Å². The number of aromatic nitrogens is 1. The first-order valence-corrected chi connectivity index (χ1v) is 7.24. The number of halogens is 3. The van der Waals surface area contributed by atoms with Gasteiger partial charge in [-0.1, -0.05) is 0 Å². The van der Waals surface area contributed by atoms with E-state index in [1.54, 1.807) is 11.4 Å². The van der Waals surface area contributed by atoms with Gasteiger partial charge in [0, 0.05) is 12.3 Å². The zero-order valence-corrected chi connectivity index (χ0v) is 13.7. The number of nitrogens with one attached hydrogen (secondary N) is 1. The molecule has 0 bridgehead atoms. The van der Waals surface area contributed by atoms with Crippen molar-refractivity contribution in [2.45, 2.75) is 45.1 Å². The Bertz CT molecular complexity index is 606. The normalized spacial score (nSPS) is 19.2. The summed E-state index contributed by atoms with van der Waals surface area (Å²) in [6.07, 6.45) is -4.41. The molecule has 1 aromatic rings. The summed E-state index contributed by atoms with van der Waals surface area (Å²) in [4.78, 5) is 15.2. The van der Waals surface area contributed by atoms with Gasteiger partial charge in [-0.3, -0.25) is 0 Å². The molecule has 10 heteroatoms. The third kappa shape index (κ3) is 4.38. The van der Waals surface area contributed by atoms with Crippen molar-refractivity contribution < 1.29 is 32.0 Å². The molecule has 2 rings (SSSR count). The lowest BCUT2D eigenvalue weighted by molar-refractivity contribution is -0.123. The average Bonchev–Trinajstić information content (AvgIpc) is 2.65. The molecule has 0 aromatic carbocycles. The summed E-state index contributed by atoms with van der Waals surface area (Å²) in [5.74, 6) is -0.151. The van der Waals surface area contributed by atoms with Crippen LogP contribution in [-0.2, 0) is 9.31 Å². The first kappa shape index (κ1) is 18.5. The highest BCUT2D eigenvalue weighted by molar-refractivity contribution is 6.62. The molecule has 1 N–H and O–H groups in total. The lowest BCUT2D eigenvalue weighted by Crippen LogP contribution is -2.41. The molecule has 1 aliphatic rings. The maximum absolute atomic E-state index is 12.0. The van der Waals surface area contributed by atoms with Crippen LogP contribution in [0.4, 0.5) is 18.0 Å². The predicted octanol–water partition coefficient (Wildman–Crippen LogP) is 2.03. The molecule has 132 valence electrons. The Morgan fingerprint density at radius 3 is 2.42 bits per heavy atom. The number of carbonyl (C=O) groups excluding carboxylic acids is 1. The molecule has 1 aliphatic heterocycles. The van der Waals surface area contributed by atoms with Crippen molar-refractivity contribution in [2.75, 3.05) is 6.54 Å². The van der Waals surface area contributed by atoms with Crippen LogP contribution in [0.15, 0.2) is 18.3 Å². The van der Waals surface area contributed by atoms with Crippen molar-refractivity contribution in [3.8, 4) is 5.88 Å². The van der Waals surface area contributed by atoms with Gasteiger partial charge in [-0.25, -0.2) is 9.78 Å². The Morgan fingerprint density at radius 2 is 1.88 bits per heavy atom. The number of amides is 1. The summed E-state index contributed by atoms with van der Waals surface area (Å²) >= 11 is 0. The van der Waals surface area contributed by atoms with Gasteiger partial charge >= 0.3 is 19.4 Å². The van der Waals surface area contributed by atoms with E-state index in [9.17, 15) is 18.0 Å². The van der Waals surface area contributed by atoms with E-state index in [0.717, 1.165) is 0 Å². The van der Waals surface area contributed by atoms with E-state index in [4.69, 9.17) is 14.0 Å². The van der Waals surface area contributed by atoms with E-state index in [1.165, 1.54) is 12.3 Å². The Morgan fingerprint density at radius 1 is 1.29 bits per heavy atom. The monoisotopic (exact) mass is 346 g/mol. The van der Waals surface area contributed by atoms with Crippen molar-refractivity contribution in [3.05, 3.63) is 18.3 Å². The number of nitrogens with zero attached hydrogens (tertiary/aromatic N) is 1. The quantitative estimate of drug-likeness (QED) is 0.849. The van der Waals surface area contributed by atoms with E-state index < -0.39 is 37.1 Å². The first-order valence-electron chi connectivity index (χ1n) is 7.24. The minimum Gasteiger partial charge on any atom is -0.399 e. The molecule has 2 heterocycles. The van der Waals surface area contributed by atoms with E-state index in [0.29, 0.717) is 5.46 Å². The summed E-state index contributed by atoms with van der Waals surface area (Å²) in [5, 5.41) is 1.60. The first-order chi connectivity index (χ1) is 10.9. The second kappa shape index (κ2) is 6.25. The van der Waals surface area contributed by atoms with Crippen LogP contribution in [0, 0.1) is 0 Å². The zero-order chi connectivity index (χ0) is 18.2. The van der Waals surface area contributed by atoms with Crippen LogP contribution in [0.5, 0.6) is 5.88 Å². The van der Waals surface area contributed by atoms with Gasteiger partial charge in [0.2, 0.25) is 5.88 Å². The molecular weight excluding hydrogens is 328 g/mol. The number of pyridine rings is 1. The molecule has 0 atom stereocenters. The summed E-state index contributed by atoms with van der Waals surface area (Å²) < 4.78 is 52.6. The molecule has 0 aliphatic carbocycles. The van der Waals surface area contributed by atoms with Gasteiger partial charge in [0.1, 0.15) is 6.54 Å². The summed E-state index contributed by atoms with van der Waals surface area (Å²) in [6, 6.07) is 3.00. The van der Waals surface area contributed by atoms with Crippen LogP contribution in [-0.4, -0.2) is 42.1 Å². The van der Waals surface area contributed by atoms with Gasteiger partial charge in [0.25, 0.3) is 0 Å². The van der Waals surface area contributed by atoms with Crippen LogP contribution in [0.3, 0.4) is 0 Å². The molecule has 0 spiro atoms. The topological polar surface area (TPSA) is 69.7 Å². The van der Waals surface area contributed by atoms with Crippen LogP contribution in [0.2, 0.25) is 0 Å². The van der Waals surface area contributed by atoms with Crippen molar-refractivity contribution in [3.63, 3.8) is 0 Å². The van der Waals surface area contributed by atoms with Gasteiger partial charge in [-0.2, -0.15) is 13.2 Å². The van der Waals surface area contributed by atoms with E-state index in [-0.39, 0.29) is 5.88 Å². The van der Waals surface area contributed by atoms with Crippen LogP contribution >= 0.6 is 0 Å². The minimum absolute atomic E-state index is 0.151. The Balaban J connectivity index is 2.04. The van der Waals surface area contributed by atoms with E-state index >= 15 is 0 Å². The number of hydrogen-bond donors (Lipinski definition) is 1. The highest BCUT2D eigenvalue weighted by Crippen LogP contribution is 2.36. The maximum atomic E-state index is 12.0. The summed E-state index contributed by atoms with van der Waals surface area (Å²) in [7, 11) is -0.696. The fourth-order valence-corrected chi connectivity index (χ4v) is 1.91. The van der Waals surface area contributed by atoms with E-state index in [1.807, 2.05) is 27.7 Å². The van der Waals surface area contributed by atoms with Gasteiger partial charge in [-0.05, 0) is 39.2 Å². The number of carbonyl (C=O) groups is 1. The maximum Gasteiger partial charge on any atom is 0.495 e. The number of ether oxygens (including phenoxy) is 1. The lowest BCUT2D eigenvalue weighted by atomic mass is 9.80. The number of alkyl halides is 3. The summed E-state index contributed by atoms with van der Waals surface area (Å²) in [5.41, 5.74) is -0.555. The molecular formula is C14H18BF3N2O4. The van der Waals surface area contributed by atoms with Crippen LogP contribution in [0.25, 0.3) is 0 Å². The second-order valence-electron chi connectivity index (χ2n) is 6.37. The van der Waals surface area contributed by atoms with Gasteiger partial charge in [0.05, 0.1) is 11.2 Å². The van der Waals surface area contributed by atoms with Crippen LogP contribution < -0.4 is 15.5 Å². The fraction of sp³-hybridized carbons (Fsp3) is 0.571. The third-order valence-electron chi connectivity index (χ3n) is 3.91. The molecule has 1 aromatic heterocycles. The van der Waals surface area contributed by atoms with E-state index in [2.05, 4.69) is 4.98 Å². The fourth-order valence-electron chi connectivity index (χ4n) is 1.91. The SMILES string of the molecule is CC1(C)OB(c2ccnc(OC(=O)NCC(F)(F)F)c2)OC1(C)C. The zero-order valence-electron chi connectivity index (χ0n) is 13.7. The molecule has 0 saturated carbocycles. The largest absolute Gasteiger partial charge is 0.495 e. The molecule has 1 saturated heterocycles. The number of rotatable bonds is 3. The van der Waals surface area contributed by atoms with Crippen molar-refractivity contribution in [1.29, 1.82) is 0 Å². The van der Waals surface area contributed by atoms with Gasteiger partial charge < -0.3 is 19.4 Å². The molecule has 24 heavy (non-hydrogen) atoms. The second-order valence-corrected chi connectivity index (χ2v) is 6.37. The standard InChI is InChI=1S/C14H18BF3N2O4/c1-12(2)13(3,4)24-15(23-12)9-5-6-19-10(7-9)22-11(21)20-8-14(16,17)18/h5-7H,8H2,1-4H3,(H,20,21). The van der Waals surface area contributed by atoms with Gasteiger partial charge in [0.15, 0.2) is 0 Å². The van der Waals surface area contributed by atoms with Gasteiger partial charge in [-0.15, -0.1) is 0 Å². The smallest absolute Gasteiger partial charge is 0.399 e. The highest BCUT2D eigenvalue weighted by Gasteiger charge is 2.51. The molecule has 1 amide bonds. The average molecular weight is 346 g/mol. The molecule has 0 radical (unpaired) electrons. The molecule has 6 nitrogen and oxygen atoms in total. The Kier molecular flexibility index (Phi) is 4.82. The molecule has 0 unspecified atom stereocenters. The lowest BCUT2D eigenvalue weighted by Gasteiger charge is -2.32. The predicted molar refractivity (Wildman–Crippen MR) is 80.0 cm³/mol.